The van der Waals surface area contributed by atoms with Crippen LogP contribution in [0.25, 0.3) is 28.2 Å². The molecule has 2 aromatic heterocycles. The highest BCUT2D eigenvalue weighted by Crippen LogP contribution is 2.35. The minimum atomic E-state index is -0.341. The molecule has 0 aliphatic heterocycles. The predicted molar refractivity (Wildman–Crippen MR) is 146 cm³/mol. The first kappa shape index (κ1) is 25.1. The monoisotopic (exact) mass is 498 g/mol. The van der Waals surface area contributed by atoms with Gasteiger partial charge in [0.25, 0.3) is 0 Å². The van der Waals surface area contributed by atoms with Gasteiger partial charge in [-0.2, -0.15) is 5.10 Å². The van der Waals surface area contributed by atoms with Crippen molar-refractivity contribution in [3.8, 4) is 22.5 Å². The summed E-state index contributed by atoms with van der Waals surface area (Å²) in [5, 5.41) is 28.0. The van der Waals surface area contributed by atoms with Crippen molar-refractivity contribution in [2.75, 3.05) is 11.9 Å². The molecule has 1 unspecified atom stereocenters. The molecule has 37 heavy (non-hydrogen) atoms. The first-order chi connectivity index (χ1) is 17.9. The number of benzene rings is 2. The number of hydrogen-bond donors (Lipinski definition) is 3. The van der Waals surface area contributed by atoms with E-state index in [1.54, 1.807) is 6.92 Å². The quantitative estimate of drug-likeness (QED) is 0.189. The van der Waals surface area contributed by atoms with Crippen molar-refractivity contribution < 1.29 is 15.0 Å². The number of anilines is 1. The number of nitrogens with one attached hydrogen (secondary N) is 1. The number of aliphatic hydroxyl groups excluding tert-OH is 2. The second-order valence-corrected chi connectivity index (χ2v) is 10.2. The van der Waals surface area contributed by atoms with E-state index in [0.29, 0.717) is 31.0 Å². The smallest absolute Gasteiger partial charge is 0.177 e. The second kappa shape index (κ2) is 10.8. The normalized spacial score (nSPS) is 14.2. The molecule has 0 amide bonds. The molecule has 3 N–H and O–H groups in total. The third-order valence-electron chi connectivity index (χ3n) is 7.04. The molecule has 1 saturated carbocycles. The SMILES string of the molecule is Cc1cc(-c2cnc3c(NCCCC(C)O)cc(-c4ccccc4CO)nn23)ccc1C(=O)CC1CC1. The number of Topliss-reactive ketones (excluding diaryl/α,β-unsaturated/α-hetero) is 1. The van der Waals surface area contributed by atoms with E-state index in [9.17, 15) is 15.0 Å². The first-order valence-corrected chi connectivity index (χ1v) is 13.1. The standard InChI is InChI=1S/C30H34N4O3/c1-19-14-22(11-12-24(19)29(37)15-21-9-10-21)28-17-32-30-27(31-13-5-6-20(2)36)16-26(33-34(28)30)25-8-4-3-7-23(25)18-35/h3-4,7-8,11-12,14,16-17,20-21,31,35-36H,5-6,9-10,13,15,18H2,1-2H3. The van der Waals surface area contributed by atoms with Crippen LogP contribution in [0.3, 0.4) is 0 Å². The maximum absolute atomic E-state index is 12.7. The number of aliphatic hydroxyl groups is 2. The maximum atomic E-state index is 12.7. The van der Waals surface area contributed by atoms with Gasteiger partial charge in [-0.3, -0.25) is 4.79 Å². The van der Waals surface area contributed by atoms with Crippen LogP contribution in [0.2, 0.25) is 0 Å². The van der Waals surface area contributed by atoms with Gasteiger partial charge < -0.3 is 15.5 Å². The zero-order chi connectivity index (χ0) is 25.9. The molecule has 1 aliphatic rings. The molecule has 1 fully saturated rings. The molecule has 0 bridgehead atoms. The van der Waals surface area contributed by atoms with Crippen molar-refractivity contribution in [1.82, 2.24) is 14.6 Å². The number of rotatable bonds is 11. The summed E-state index contributed by atoms with van der Waals surface area (Å²) in [6.07, 6.45) is 5.95. The van der Waals surface area contributed by atoms with Crippen molar-refractivity contribution in [1.29, 1.82) is 0 Å². The Hall–Kier alpha value is -3.55. The Morgan fingerprint density at radius 3 is 2.73 bits per heavy atom. The lowest BCUT2D eigenvalue weighted by molar-refractivity contribution is 0.0975. The summed E-state index contributed by atoms with van der Waals surface area (Å²) in [6, 6.07) is 15.6. The highest BCUT2D eigenvalue weighted by atomic mass is 16.3. The van der Waals surface area contributed by atoms with E-state index in [-0.39, 0.29) is 18.5 Å². The number of imidazole rings is 1. The summed E-state index contributed by atoms with van der Waals surface area (Å²) in [7, 11) is 0. The fourth-order valence-electron chi connectivity index (χ4n) is 4.79. The zero-order valence-corrected chi connectivity index (χ0v) is 21.4. The second-order valence-electron chi connectivity index (χ2n) is 10.2. The van der Waals surface area contributed by atoms with Crippen LogP contribution >= 0.6 is 0 Å². The number of carbonyl (C=O) groups excluding carboxylic acids is 1. The molecule has 192 valence electrons. The Bertz CT molecular complexity index is 1420. The number of nitrogens with zero attached hydrogens (tertiary/aromatic N) is 3. The van der Waals surface area contributed by atoms with Crippen LogP contribution < -0.4 is 5.32 Å². The molecule has 0 saturated heterocycles. The number of ketones is 1. The van der Waals surface area contributed by atoms with Crippen LogP contribution in [0.1, 0.15) is 60.5 Å². The van der Waals surface area contributed by atoms with Crippen LogP contribution in [0.5, 0.6) is 0 Å². The summed E-state index contributed by atoms with van der Waals surface area (Å²) >= 11 is 0. The van der Waals surface area contributed by atoms with Crippen molar-refractivity contribution in [3.63, 3.8) is 0 Å². The largest absolute Gasteiger partial charge is 0.393 e. The van der Waals surface area contributed by atoms with Gasteiger partial charge in [-0.25, -0.2) is 9.50 Å². The Balaban J connectivity index is 1.55. The van der Waals surface area contributed by atoms with Crippen molar-refractivity contribution in [3.05, 3.63) is 71.4 Å². The average Bonchev–Trinajstić information content (AvgIpc) is 3.60. The van der Waals surface area contributed by atoms with Gasteiger partial charge in [-0.05, 0) is 68.7 Å². The van der Waals surface area contributed by atoms with Crippen molar-refractivity contribution >= 4 is 17.1 Å². The maximum Gasteiger partial charge on any atom is 0.177 e. The Morgan fingerprint density at radius 2 is 2.00 bits per heavy atom. The summed E-state index contributed by atoms with van der Waals surface area (Å²) < 4.78 is 1.83. The van der Waals surface area contributed by atoms with Crippen LogP contribution in [0, 0.1) is 12.8 Å². The lowest BCUT2D eigenvalue weighted by Crippen LogP contribution is -2.09. The van der Waals surface area contributed by atoms with Crippen LogP contribution in [0.4, 0.5) is 5.69 Å². The molecular weight excluding hydrogens is 464 g/mol. The van der Waals surface area contributed by atoms with Gasteiger partial charge in [0.2, 0.25) is 0 Å². The molecule has 1 aliphatic carbocycles. The van der Waals surface area contributed by atoms with Gasteiger partial charge >= 0.3 is 0 Å². The molecule has 4 aromatic rings. The van der Waals surface area contributed by atoms with Gasteiger partial charge in [0.15, 0.2) is 11.4 Å². The summed E-state index contributed by atoms with van der Waals surface area (Å²) in [5.74, 6) is 0.774. The van der Waals surface area contributed by atoms with Gasteiger partial charge in [0.05, 0.1) is 36.0 Å². The molecule has 2 heterocycles. The summed E-state index contributed by atoms with van der Waals surface area (Å²) in [4.78, 5) is 17.4. The fraction of sp³-hybridized carbons (Fsp3) is 0.367. The Morgan fingerprint density at radius 1 is 1.19 bits per heavy atom. The van der Waals surface area contributed by atoms with Crippen molar-refractivity contribution in [2.45, 2.75) is 58.7 Å². The van der Waals surface area contributed by atoms with E-state index in [2.05, 4.69) is 5.32 Å². The minimum absolute atomic E-state index is 0.0840. The number of hydrogen-bond acceptors (Lipinski definition) is 6. The van der Waals surface area contributed by atoms with Crippen LogP contribution in [-0.4, -0.2) is 43.2 Å². The van der Waals surface area contributed by atoms with E-state index in [4.69, 9.17) is 10.1 Å². The van der Waals surface area contributed by atoms with Gasteiger partial charge in [0, 0.05) is 29.7 Å². The zero-order valence-electron chi connectivity index (χ0n) is 21.4. The molecule has 7 heteroatoms. The predicted octanol–water partition coefficient (Wildman–Crippen LogP) is 5.42. The van der Waals surface area contributed by atoms with Gasteiger partial charge in [-0.15, -0.1) is 0 Å². The number of carbonyl (C=O) groups is 1. The molecule has 7 nitrogen and oxygen atoms in total. The molecule has 5 rings (SSSR count). The van der Waals surface area contributed by atoms with Crippen LogP contribution in [0.15, 0.2) is 54.7 Å². The Kier molecular flexibility index (Phi) is 7.35. The average molecular weight is 499 g/mol. The van der Waals surface area contributed by atoms with Crippen LogP contribution in [-0.2, 0) is 6.61 Å². The van der Waals surface area contributed by atoms with E-state index in [1.165, 1.54) is 0 Å². The molecule has 2 aromatic carbocycles. The topological polar surface area (TPSA) is 99.8 Å². The number of fused-ring (bicyclic) bond motifs is 1. The van der Waals surface area contributed by atoms with E-state index >= 15 is 0 Å². The molecule has 0 spiro atoms. The lowest BCUT2D eigenvalue weighted by Gasteiger charge is -2.14. The summed E-state index contributed by atoms with van der Waals surface area (Å²) in [6.45, 7) is 4.38. The van der Waals surface area contributed by atoms with E-state index in [0.717, 1.165) is 64.2 Å². The highest BCUT2D eigenvalue weighted by Gasteiger charge is 2.25. The number of aryl methyl sites for hydroxylation is 1. The number of aromatic nitrogens is 3. The molecule has 1 atom stereocenters. The van der Waals surface area contributed by atoms with E-state index in [1.807, 2.05) is 66.2 Å². The third-order valence-corrected chi connectivity index (χ3v) is 7.04. The van der Waals surface area contributed by atoms with Gasteiger partial charge in [-0.1, -0.05) is 36.4 Å². The van der Waals surface area contributed by atoms with E-state index < -0.39 is 0 Å². The minimum Gasteiger partial charge on any atom is -0.393 e. The summed E-state index contributed by atoms with van der Waals surface area (Å²) in [5.41, 5.74) is 7.42. The Labute approximate surface area is 217 Å². The molecular formula is C30H34N4O3. The van der Waals surface area contributed by atoms with Gasteiger partial charge in [0.1, 0.15) is 0 Å². The van der Waals surface area contributed by atoms with Crippen molar-refractivity contribution in [2.24, 2.45) is 5.92 Å². The third kappa shape index (κ3) is 5.58. The first-order valence-electron chi connectivity index (χ1n) is 13.1. The molecule has 0 radical (unpaired) electrons. The fourth-order valence-corrected chi connectivity index (χ4v) is 4.79. The highest BCUT2D eigenvalue weighted by molar-refractivity contribution is 5.98. The lowest BCUT2D eigenvalue weighted by atomic mass is 9.98.